The lowest BCUT2D eigenvalue weighted by Gasteiger charge is -2.31. The van der Waals surface area contributed by atoms with Crippen LogP contribution in [0, 0.1) is 5.82 Å². The van der Waals surface area contributed by atoms with E-state index >= 15 is 0 Å². The number of nitrogens with one attached hydrogen (secondary N) is 1. The molecule has 1 saturated heterocycles. The molecule has 1 spiro atoms. The number of carbonyl (C=O) groups excluding carboxylic acids is 2. The van der Waals surface area contributed by atoms with Gasteiger partial charge in [0.2, 0.25) is 0 Å². The predicted molar refractivity (Wildman–Crippen MR) is 66.7 cm³/mol. The molecule has 5 heteroatoms. The fourth-order valence-electron chi connectivity index (χ4n) is 3.07. The van der Waals surface area contributed by atoms with Crippen LogP contribution in [0.3, 0.4) is 0 Å². The van der Waals surface area contributed by atoms with E-state index in [1.54, 1.807) is 18.2 Å². The van der Waals surface area contributed by atoms with Gasteiger partial charge in [0.15, 0.2) is 0 Å². The zero-order chi connectivity index (χ0) is 13.5. The number of hydrogen-bond donors (Lipinski definition) is 1. The molecule has 1 heterocycles. The van der Waals surface area contributed by atoms with E-state index in [0.717, 1.165) is 12.8 Å². The van der Waals surface area contributed by atoms with Gasteiger partial charge in [-0.1, -0.05) is 31.0 Å². The van der Waals surface area contributed by atoms with Gasteiger partial charge in [-0.15, -0.1) is 0 Å². The first kappa shape index (κ1) is 12.1. The van der Waals surface area contributed by atoms with Crippen molar-refractivity contribution in [3.63, 3.8) is 0 Å². The lowest BCUT2D eigenvalue weighted by molar-refractivity contribution is -0.126. The zero-order valence-corrected chi connectivity index (χ0v) is 10.5. The Hall–Kier alpha value is -1.91. The Labute approximate surface area is 110 Å². The van der Waals surface area contributed by atoms with Gasteiger partial charge in [0.25, 0.3) is 5.91 Å². The van der Waals surface area contributed by atoms with Gasteiger partial charge in [-0.3, -0.25) is 10.1 Å². The summed E-state index contributed by atoms with van der Waals surface area (Å²) in [6.07, 6.45) is 3.18. The van der Waals surface area contributed by atoms with Crippen LogP contribution in [0.15, 0.2) is 24.3 Å². The van der Waals surface area contributed by atoms with Crippen molar-refractivity contribution in [2.45, 2.75) is 37.8 Å². The summed E-state index contributed by atoms with van der Waals surface area (Å²) in [5.41, 5.74) is -0.307. The molecule has 2 aliphatic rings. The van der Waals surface area contributed by atoms with Crippen LogP contribution in [0.2, 0.25) is 0 Å². The summed E-state index contributed by atoms with van der Waals surface area (Å²) in [7, 11) is 0. The molecule has 3 amide bonds. The van der Waals surface area contributed by atoms with Crippen LogP contribution in [0.4, 0.5) is 9.18 Å². The summed E-state index contributed by atoms with van der Waals surface area (Å²) < 4.78 is 13.7. The number of rotatable bonds is 2. The van der Waals surface area contributed by atoms with E-state index in [4.69, 9.17) is 0 Å². The number of amides is 3. The average Bonchev–Trinajstić information content (AvgIpc) is 2.95. The van der Waals surface area contributed by atoms with Gasteiger partial charge in [-0.05, 0) is 18.9 Å². The van der Waals surface area contributed by atoms with Gasteiger partial charge in [0, 0.05) is 5.56 Å². The molecule has 3 rings (SSSR count). The highest BCUT2D eigenvalue weighted by Gasteiger charge is 2.53. The quantitative estimate of drug-likeness (QED) is 0.831. The van der Waals surface area contributed by atoms with Crippen LogP contribution >= 0.6 is 0 Å². The van der Waals surface area contributed by atoms with E-state index in [0.29, 0.717) is 18.4 Å². The van der Waals surface area contributed by atoms with Gasteiger partial charge in [0.1, 0.15) is 11.4 Å². The highest BCUT2D eigenvalue weighted by atomic mass is 19.1. The maximum absolute atomic E-state index is 13.7. The van der Waals surface area contributed by atoms with Crippen LogP contribution in [0.5, 0.6) is 0 Å². The molecule has 1 aliphatic carbocycles. The standard InChI is InChI=1S/C14H15FN2O2/c15-11-6-2-1-5-10(11)9-17-13(19)16-12(18)14(17)7-3-4-8-14/h1-2,5-6H,3-4,7-9H2,(H,16,18,19). The third-order valence-electron chi connectivity index (χ3n) is 4.12. The molecule has 1 aliphatic heterocycles. The van der Waals surface area contributed by atoms with Crippen molar-refractivity contribution in [1.82, 2.24) is 10.2 Å². The monoisotopic (exact) mass is 262 g/mol. The summed E-state index contributed by atoms with van der Waals surface area (Å²) in [5.74, 6) is -0.575. The molecular weight excluding hydrogens is 247 g/mol. The number of carbonyl (C=O) groups is 2. The van der Waals surface area contributed by atoms with E-state index in [9.17, 15) is 14.0 Å². The van der Waals surface area contributed by atoms with E-state index in [2.05, 4.69) is 5.32 Å². The van der Waals surface area contributed by atoms with Crippen molar-refractivity contribution in [2.24, 2.45) is 0 Å². The Balaban J connectivity index is 1.92. The molecule has 0 bridgehead atoms. The lowest BCUT2D eigenvalue weighted by atomic mass is 9.95. The van der Waals surface area contributed by atoms with Crippen LogP contribution in [0.1, 0.15) is 31.2 Å². The second-order valence-corrected chi connectivity index (χ2v) is 5.18. The highest BCUT2D eigenvalue weighted by Crippen LogP contribution is 2.39. The first-order valence-electron chi connectivity index (χ1n) is 6.50. The Morgan fingerprint density at radius 1 is 1.21 bits per heavy atom. The molecule has 2 fully saturated rings. The van der Waals surface area contributed by atoms with Crippen LogP contribution in [-0.4, -0.2) is 22.4 Å². The SMILES string of the molecule is O=C1NC(=O)C2(CCCC2)N1Cc1ccccc1F. The minimum atomic E-state index is -0.751. The molecule has 0 unspecified atom stereocenters. The fourth-order valence-corrected chi connectivity index (χ4v) is 3.07. The minimum absolute atomic E-state index is 0.143. The molecule has 19 heavy (non-hydrogen) atoms. The number of imide groups is 1. The normalized spacial score (nSPS) is 21.2. The summed E-state index contributed by atoms with van der Waals surface area (Å²) in [5, 5.41) is 2.36. The summed E-state index contributed by atoms with van der Waals surface area (Å²) in [4.78, 5) is 25.5. The molecule has 1 N–H and O–H groups in total. The van der Waals surface area contributed by atoms with E-state index in [1.807, 2.05) is 0 Å². The topological polar surface area (TPSA) is 49.4 Å². The van der Waals surface area contributed by atoms with Crippen molar-refractivity contribution >= 4 is 11.9 Å². The zero-order valence-electron chi connectivity index (χ0n) is 10.5. The van der Waals surface area contributed by atoms with Crippen LogP contribution in [0.25, 0.3) is 0 Å². The second kappa shape index (κ2) is 4.33. The largest absolute Gasteiger partial charge is 0.325 e. The highest BCUT2D eigenvalue weighted by molar-refractivity contribution is 6.07. The maximum atomic E-state index is 13.7. The Kier molecular flexibility index (Phi) is 2.77. The maximum Gasteiger partial charge on any atom is 0.325 e. The van der Waals surface area contributed by atoms with Gasteiger partial charge < -0.3 is 4.90 Å². The van der Waals surface area contributed by atoms with E-state index < -0.39 is 11.6 Å². The van der Waals surface area contributed by atoms with Gasteiger partial charge in [0.05, 0.1) is 6.54 Å². The first-order chi connectivity index (χ1) is 9.13. The number of urea groups is 1. The number of benzene rings is 1. The van der Waals surface area contributed by atoms with Crippen molar-refractivity contribution in [1.29, 1.82) is 0 Å². The first-order valence-corrected chi connectivity index (χ1v) is 6.50. The average molecular weight is 262 g/mol. The molecule has 1 aromatic rings. The van der Waals surface area contributed by atoms with E-state index in [-0.39, 0.29) is 18.3 Å². The van der Waals surface area contributed by atoms with Gasteiger partial charge >= 0.3 is 6.03 Å². The summed E-state index contributed by atoms with van der Waals surface area (Å²) in [6.45, 7) is 0.143. The van der Waals surface area contributed by atoms with Crippen molar-refractivity contribution < 1.29 is 14.0 Å². The second-order valence-electron chi connectivity index (χ2n) is 5.18. The Morgan fingerprint density at radius 2 is 1.89 bits per heavy atom. The molecule has 4 nitrogen and oxygen atoms in total. The Bertz CT molecular complexity index is 538. The molecule has 100 valence electrons. The molecular formula is C14H15FN2O2. The van der Waals surface area contributed by atoms with Crippen molar-refractivity contribution in [3.05, 3.63) is 35.6 Å². The van der Waals surface area contributed by atoms with Gasteiger partial charge in [-0.25, -0.2) is 9.18 Å². The van der Waals surface area contributed by atoms with Crippen molar-refractivity contribution in [2.75, 3.05) is 0 Å². The molecule has 1 aromatic carbocycles. The third kappa shape index (κ3) is 1.80. The fraction of sp³-hybridized carbons (Fsp3) is 0.429. The summed E-state index contributed by atoms with van der Waals surface area (Å²) >= 11 is 0. The van der Waals surface area contributed by atoms with Crippen LogP contribution < -0.4 is 5.32 Å². The number of nitrogens with zero attached hydrogens (tertiary/aromatic N) is 1. The molecule has 0 aromatic heterocycles. The van der Waals surface area contributed by atoms with Gasteiger partial charge in [-0.2, -0.15) is 0 Å². The molecule has 0 radical (unpaired) electrons. The minimum Gasteiger partial charge on any atom is -0.305 e. The lowest BCUT2D eigenvalue weighted by Crippen LogP contribution is -2.46. The van der Waals surface area contributed by atoms with Crippen molar-refractivity contribution in [3.8, 4) is 0 Å². The summed E-state index contributed by atoms with van der Waals surface area (Å²) in [6, 6.07) is 5.95. The number of hydrogen-bond acceptors (Lipinski definition) is 2. The van der Waals surface area contributed by atoms with E-state index in [1.165, 1.54) is 11.0 Å². The van der Waals surface area contributed by atoms with Crippen LogP contribution in [-0.2, 0) is 11.3 Å². The smallest absolute Gasteiger partial charge is 0.305 e. The molecule has 0 atom stereocenters. The molecule has 1 saturated carbocycles. The third-order valence-corrected chi connectivity index (χ3v) is 4.12. The predicted octanol–water partition coefficient (Wildman–Crippen LogP) is 2.19. The number of halogens is 1. The Morgan fingerprint density at radius 3 is 2.58 bits per heavy atom.